The molecule has 3 amide bonds. The molecule has 0 aliphatic carbocycles. The molecule has 1 unspecified atom stereocenters. The molecule has 124 valence electrons. The van der Waals surface area contributed by atoms with E-state index in [0.717, 1.165) is 31.7 Å². The zero-order chi connectivity index (χ0) is 16.2. The summed E-state index contributed by atoms with van der Waals surface area (Å²) in [5.74, 6) is 0.109. The van der Waals surface area contributed by atoms with E-state index in [1.807, 2.05) is 40.1 Å². The topological polar surface area (TPSA) is 55.9 Å². The second-order valence-corrected chi connectivity index (χ2v) is 6.40. The molecule has 1 aromatic carbocycles. The van der Waals surface area contributed by atoms with Gasteiger partial charge in [0.15, 0.2) is 0 Å². The molecule has 0 saturated carbocycles. The van der Waals surface area contributed by atoms with E-state index in [9.17, 15) is 9.59 Å². The summed E-state index contributed by atoms with van der Waals surface area (Å²) in [5, 5.41) is 3.02. The van der Waals surface area contributed by atoms with Crippen molar-refractivity contribution in [3.63, 3.8) is 0 Å². The van der Waals surface area contributed by atoms with Crippen molar-refractivity contribution in [2.24, 2.45) is 0 Å². The van der Waals surface area contributed by atoms with Crippen LogP contribution in [-0.4, -0.2) is 72.5 Å². The maximum atomic E-state index is 12.3. The van der Waals surface area contributed by atoms with Crippen molar-refractivity contribution in [1.29, 1.82) is 0 Å². The number of carbonyl (C=O) groups is 2. The fourth-order valence-electron chi connectivity index (χ4n) is 3.10. The second-order valence-electron chi connectivity index (χ2n) is 6.40. The van der Waals surface area contributed by atoms with Gasteiger partial charge in [-0.05, 0) is 12.6 Å². The molecule has 2 aliphatic heterocycles. The van der Waals surface area contributed by atoms with Crippen LogP contribution < -0.4 is 5.32 Å². The first-order valence-electron chi connectivity index (χ1n) is 8.17. The van der Waals surface area contributed by atoms with Crippen molar-refractivity contribution in [3.05, 3.63) is 35.9 Å². The number of carbonyl (C=O) groups excluding carboxylic acids is 2. The van der Waals surface area contributed by atoms with Crippen LogP contribution in [0.3, 0.4) is 0 Å². The third-order valence-corrected chi connectivity index (χ3v) is 4.55. The van der Waals surface area contributed by atoms with Gasteiger partial charge in [-0.1, -0.05) is 30.3 Å². The minimum atomic E-state index is -0.0848. The molecule has 6 nitrogen and oxygen atoms in total. The normalized spacial score (nSPS) is 22.5. The van der Waals surface area contributed by atoms with Crippen LogP contribution in [-0.2, 0) is 11.3 Å². The lowest BCUT2D eigenvalue weighted by molar-refractivity contribution is -0.128. The van der Waals surface area contributed by atoms with Gasteiger partial charge in [0.1, 0.15) is 0 Å². The SMILES string of the molecule is CN1CCN(C(=O)NC2CC(=O)N(Cc3ccccc3)C2)CC1. The lowest BCUT2D eigenvalue weighted by atomic mass is 10.2. The number of nitrogens with zero attached hydrogens (tertiary/aromatic N) is 3. The quantitative estimate of drug-likeness (QED) is 0.895. The molecule has 0 radical (unpaired) electrons. The zero-order valence-electron chi connectivity index (χ0n) is 13.6. The third-order valence-electron chi connectivity index (χ3n) is 4.55. The fourth-order valence-corrected chi connectivity index (χ4v) is 3.10. The zero-order valence-corrected chi connectivity index (χ0v) is 13.6. The molecule has 0 aromatic heterocycles. The number of amides is 3. The number of likely N-dealkylation sites (tertiary alicyclic amines) is 1. The van der Waals surface area contributed by atoms with Crippen LogP contribution in [0.4, 0.5) is 4.79 Å². The minimum absolute atomic E-state index is 0.0440. The number of hydrogen-bond acceptors (Lipinski definition) is 3. The Labute approximate surface area is 137 Å². The number of rotatable bonds is 3. The van der Waals surface area contributed by atoms with E-state index in [0.29, 0.717) is 19.5 Å². The molecular weight excluding hydrogens is 292 g/mol. The molecule has 1 aromatic rings. The van der Waals surface area contributed by atoms with E-state index in [4.69, 9.17) is 0 Å². The first kappa shape index (κ1) is 15.8. The summed E-state index contributed by atoms with van der Waals surface area (Å²) in [6.45, 7) is 4.50. The molecule has 2 heterocycles. The highest BCUT2D eigenvalue weighted by Crippen LogP contribution is 2.15. The van der Waals surface area contributed by atoms with Gasteiger partial charge in [0, 0.05) is 45.7 Å². The fraction of sp³-hybridized carbons (Fsp3) is 0.529. The molecule has 2 fully saturated rings. The Morgan fingerprint density at radius 3 is 2.57 bits per heavy atom. The highest BCUT2D eigenvalue weighted by molar-refractivity contribution is 5.81. The van der Waals surface area contributed by atoms with Gasteiger partial charge in [-0.25, -0.2) is 4.79 Å². The van der Waals surface area contributed by atoms with Gasteiger partial charge in [-0.2, -0.15) is 0 Å². The number of likely N-dealkylation sites (N-methyl/N-ethyl adjacent to an activating group) is 1. The molecule has 2 aliphatic rings. The van der Waals surface area contributed by atoms with Gasteiger partial charge >= 0.3 is 6.03 Å². The molecule has 2 saturated heterocycles. The van der Waals surface area contributed by atoms with E-state index in [1.54, 1.807) is 0 Å². The average Bonchev–Trinajstić information content (AvgIpc) is 2.88. The molecule has 1 N–H and O–H groups in total. The summed E-state index contributed by atoms with van der Waals surface area (Å²) >= 11 is 0. The van der Waals surface area contributed by atoms with E-state index in [1.165, 1.54) is 0 Å². The van der Waals surface area contributed by atoms with Crippen molar-refractivity contribution in [2.45, 2.75) is 19.0 Å². The Morgan fingerprint density at radius 1 is 1.17 bits per heavy atom. The van der Waals surface area contributed by atoms with E-state index < -0.39 is 0 Å². The maximum Gasteiger partial charge on any atom is 0.317 e. The average molecular weight is 316 g/mol. The Kier molecular flexibility index (Phi) is 4.81. The predicted molar refractivity (Wildman–Crippen MR) is 87.9 cm³/mol. The highest BCUT2D eigenvalue weighted by atomic mass is 16.2. The summed E-state index contributed by atoms with van der Waals surface area (Å²) in [4.78, 5) is 30.3. The van der Waals surface area contributed by atoms with Gasteiger partial charge in [-0.3, -0.25) is 4.79 Å². The first-order valence-corrected chi connectivity index (χ1v) is 8.17. The van der Waals surface area contributed by atoms with Gasteiger partial charge in [0.25, 0.3) is 0 Å². The van der Waals surface area contributed by atoms with Crippen LogP contribution >= 0.6 is 0 Å². The lowest BCUT2D eigenvalue weighted by Crippen LogP contribution is -2.52. The summed E-state index contributed by atoms with van der Waals surface area (Å²) in [5.41, 5.74) is 1.12. The summed E-state index contributed by atoms with van der Waals surface area (Å²) in [6, 6.07) is 9.82. The Bertz CT molecular complexity index is 555. The van der Waals surface area contributed by atoms with Crippen LogP contribution in [0.1, 0.15) is 12.0 Å². The first-order chi connectivity index (χ1) is 11.1. The van der Waals surface area contributed by atoms with E-state index >= 15 is 0 Å². The Morgan fingerprint density at radius 2 is 1.87 bits per heavy atom. The van der Waals surface area contributed by atoms with Crippen molar-refractivity contribution in [2.75, 3.05) is 39.8 Å². The number of nitrogens with one attached hydrogen (secondary N) is 1. The molecular formula is C17H24N4O2. The predicted octanol–water partition coefficient (Wildman–Crippen LogP) is 0.745. The van der Waals surface area contributed by atoms with E-state index in [2.05, 4.69) is 17.3 Å². The van der Waals surface area contributed by atoms with Crippen LogP contribution in [0.2, 0.25) is 0 Å². The Hall–Kier alpha value is -2.08. The highest BCUT2D eigenvalue weighted by Gasteiger charge is 2.31. The molecule has 1 atom stereocenters. The largest absolute Gasteiger partial charge is 0.336 e. The molecule has 0 spiro atoms. The lowest BCUT2D eigenvalue weighted by Gasteiger charge is -2.33. The van der Waals surface area contributed by atoms with E-state index in [-0.39, 0.29) is 18.0 Å². The molecule has 6 heteroatoms. The number of benzene rings is 1. The number of urea groups is 1. The second kappa shape index (κ2) is 7.00. The summed E-state index contributed by atoms with van der Waals surface area (Å²) in [6.07, 6.45) is 0.395. The minimum Gasteiger partial charge on any atom is -0.336 e. The van der Waals surface area contributed by atoms with Crippen LogP contribution in [0, 0.1) is 0 Å². The van der Waals surface area contributed by atoms with Crippen LogP contribution in [0.15, 0.2) is 30.3 Å². The molecule has 0 bridgehead atoms. The standard InChI is InChI=1S/C17H24N4O2/c1-19-7-9-20(10-8-19)17(23)18-15-11-16(22)21(13-15)12-14-5-3-2-4-6-14/h2-6,15H,7-13H2,1H3,(H,18,23). The van der Waals surface area contributed by atoms with Crippen LogP contribution in [0.25, 0.3) is 0 Å². The molecule has 23 heavy (non-hydrogen) atoms. The van der Waals surface area contributed by atoms with Gasteiger partial charge < -0.3 is 20.0 Å². The maximum absolute atomic E-state index is 12.3. The number of hydrogen-bond donors (Lipinski definition) is 1. The smallest absolute Gasteiger partial charge is 0.317 e. The summed E-state index contributed by atoms with van der Waals surface area (Å²) in [7, 11) is 2.06. The van der Waals surface area contributed by atoms with Crippen molar-refractivity contribution >= 4 is 11.9 Å². The van der Waals surface area contributed by atoms with Crippen molar-refractivity contribution < 1.29 is 9.59 Å². The van der Waals surface area contributed by atoms with Crippen LogP contribution in [0.5, 0.6) is 0 Å². The van der Waals surface area contributed by atoms with Crippen molar-refractivity contribution in [1.82, 2.24) is 20.0 Å². The van der Waals surface area contributed by atoms with Crippen molar-refractivity contribution in [3.8, 4) is 0 Å². The Balaban J connectivity index is 1.50. The van der Waals surface area contributed by atoms with Gasteiger partial charge in [0.2, 0.25) is 5.91 Å². The third kappa shape index (κ3) is 4.01. The van der Waals surface area contributed by atoms with Gasteiger partial charge in [0.05, 0.1) is 6.04 Å². The van der Waals surface area contributed by atoms with Gasteiger partial charge in [-0.15, -0.1) is 0 Å². The molecule has 3 rings (SSSR count). The summed E-state index contributed by atoms with van der Waals surface area (Å²) < 4.78 is 0. The monoisotopic (exact) mass is 316 g/mol. The number of piperazine rings is 1.